The number of carbonyl (C=O) groups is 4. The molecule has 0 aliphatic heterocycles. The first-order chi connectivity index (χ1) is 11.2. The van der Waals surface area contributed by atoms with E-state index < -0.39 is 45.9 Å². The molecule has 24 heavy (non-hydrogen) atoms. The molecule has 2 aliphatic rings. The van der Waals surface area contributed by atoms with Crippen molar-refractivity contribution in [2.75, 3.05) is 0 Å². The molecule has 3 rings (SSSR count). The van der Waals surface area contributed by atoms with Gasteiger partial charge in [0.1, 0.15) is 11.2 Å². The van der Waals surface area contributed by atoms with Crippen molar-refractivity contribution in [2.24, 2.45) is 16.7 Å². The number of hydrogen-bond acceptors (Lipinski definition) is 4. The Hall–Kier alpha value is -2.57. The number of hydrazine groups is 1. The summed E-state index contributed by atoms with van der Waals surface area (Å²) in [5.41, 5.74) is 2.41. The third-order valence-corrected chi connectivity index (χ3v) is 5.49. The Morgan fingerprint density at radius 3 is 2.29 bits per heavy atom. The number of amides is 2. The molecule has 2 saturated carbocycles. The lowest BCUT2D eigenvalue weighted by atomic mass is 9.68. The van der Waals surface area contributed by atoms with Gasteiger partial charge in [-0.3, -0.25) is 30.0 Å². The van der Waals surface area contributed by atoms with E-state index in [0.29, 0.717) is 6.42 Å². The molecule has 2 fully saturated rings. The molecule has 0 saturated heterocycles. The number of rotatable bonds is 2. The van der Waals surface area contributed by atoms with Crippen molar-refractivity contribution in [3.05, 3.63) is 35.6 Å². The van der Waals surface area contributed by atoms with Crippen molar-refractivity contribution >= 4 is 23.4 Å². The zero-order valence-electron chi connectivity index (χ0n) is 13.3. The zero-order valence-corrected chi connectivity index (χ0v) is 13.3. The lowest BCUT2D eigenvalue weighted by molar-refractivity contribution is -0.149. The molecule has 126 valence electrons. The fraction of sp³-hybridized carbons (Fsp3) is 0.412. The van der Waals surface area contributed by atoms with E-state index in [1.54, 1.807) is 13.8 Å². The number of nitrogens with one attached hydrogen (secondary N) is 2. The third-order valence-electron chi connectivity index (χ3n) is 5.49. The van der Waals surface area contributed by atoms with Crippen LogP contribution >= 0.6 is 0 Å². The van der Waals surface area contributed by atoms with E-state index in [1.165, 1.54) is 12.1 Å². The Balaban J connectivity index is 1.75. The molecule has 2 aliphatic carbocycles. The molecule has 2 bridgehead atoms. The molecule has 1 aromatic rings. The van der Waals surface area contributed by atoms with E-state index >= 15 is 0 Å². The van der Waals surface area contributed by atoms with Gasteiger partial charge in [-0.25, -0.2) is 4.39 Å². The summed E-state index contributed by atoms with van der Waals surface area (Å²) < 4.78 is 12.9. The van der Waals surface area contributed by atoms with Crippen LogP contribution in [0, 0.1) is 22.6 Å². The smallest absolute Gasteiger partial charge is 0.269 e. The second-order valence-corrected chi connectivity index (χ2v) is 6.83. The minimum atomic E-state index is -1.44. The maximum Gasteiger partial charge on any atom is 0.269 e. The summed E-state index contributed by atoms with van der Waals surface area (Å²) in [7, 11) is 0. The van der Waals surface area contributed by atoms with Gasteiger partial charge in [0.15, 0.2) is 0 Å². The second kappa shape index (κ2) is 5.22. The third kappa shape index (κ3) is 2.00. The van der Waals surface area contributed by atoms with Crippen LogP contribution in [-0.2, 0) is 14.4 Å². The summed E-state index contributed by atoms with van der Waals surface area (Å²) in [5, 5.41) is 0. The normalized spacial score (nSPS) is 27.2. The SMILES string of the molecule is CC1(C)C2CCC1(C(=O)NNC(=O)c1ccc(F)cc1)C(=O)C2=O. The van der Waals surface area contributed by atoms with E-state index in [2.05, 4.69) is 10.9 Å². The van der Waals surface area contributed by atoms with Crippen molar-refractivity contribution in [1.29, 1.82) is 0 Å². The van der Waals surface area contributed by atoms with Crippen LogP contribution in [0.3, 0.4) is 0 Å². The van der Waals surface area contributed by atoms with Gasteiger partial charge in [0.05, 0.1) is 0 Å². The summed E-state index contributed by atoms with van der Waals surface area (Å²) in [6, 6.07) is 4.79. The number of hydrogen-bond donors (Lipinski definition) is 2. The highest BCUT2D eigenvalue weighted by Gasteiger charge is 2.72. The standard InChI is InChI=1S/C17H17FN2O4/c1-16(2)11-7-8-17(16,13(22)12(11)21)15(24)20-19-14(23)9-3-5-10(18)6-4-9/h3-6,11H,7-8H2,1-2H3,(H,19,23)(H,20,24). The summed E-state index contributed by atoms with van der Waals surface area (Å²) in [5.74, 6) is -3.44. The van der Waals surface area contributed by atoms with Crippen LogP contribution < -0.4 is 10.9 Å². The van der Waals surface area contributed by atoms with Crippen LogP contribution in [0.15, 0.2) is 24.3 Å². The first-order valence-electron chi connectivity index (χ1n) is 7.67. The largest absolute Gasteiger partial charge is 0.291 e. The molecule has 2 atom stereocenters. The predicted molar refractivity (Wildman–Crippen MR) is 81.0 cm³/mol. The minimum Gasteiger partial charge on any atom is -0.291 e. The number of Topliss-reactive ketones (excluding diaryl/α,β-unsaturated/α-hetero) is 2. The highest BCUT2D eigenvalue weighted by molar-refractivity contribution is 6.47. The second-order valence-electron chi connectivity index (χ2n) is 6.83. The van der Waals surface area contributed by atoms with Gasteiger partial charge < -0.3 is 0 Å². The van der Waals surface area contributed by atoms with Gasteiger partial charge in [-0.2, -0.15) is 0 Å². The summed E-state index contributed by atoms with van der Waals surface area (Å²) >= 11 is 0. The van der Waals surface area contributed by atoms with E-state index in [4.69, 9.17) is 0 Å². The van der Waals surface area contributed by atoms with Gasteiger partial charge in [-0.15, -0.1) is 0 Å². The molecule has 0 aromatic heterocycles. The van der Waals surface area contributed by atoms with E-state index in [-0.39, 0.29) is 12.0 Å². The maximum absolute atomic E-state index is 12.9. The average molecular weight is 332 g/mol. The number of fused-ring (bicyclic) bond motifs is 2. The fourth-order valence-electron chi connectivity index (χ4n) is 3.98. The van der Waals surface area contributed by atoms with Crippen LogP contribution in [0.25, 0.3) is 0 Å². The van der Waals surface area contributed by atoms with Crippen LogP contribution in [0.1, 0.15) is 37.0 Å². The van der Waals surface area contributed by atoms with Gasteiger partial charge >= 0.3 is 0 Å². The summed E-state index contributed by atoms with van der Waals surface area (Å²) in [4.78, 5) is 49.0. The van der Waals surface area contributed by atoms with Gasteiger partial charge in [-0.1, -0.05) is 13.8 Å². The molecule has 2 N–H and O–H groups in total. The number of benzene rings is 1. The highest BCUT2D eigenvalue weighted by atomic mass is 19.1. The van der Waals surface area contributed by atoms with Gasteiger partial charge in [0, 0.05) is 11.5 Å². The Labute approximate surface area is 137 Å². The monoisotopic (exact) mass is 332 g/mol. The molecule has 2 unspecified atom stereocenters. The topological polar surface area (TPSA) is 92.3 Å². The van der Waals surface area contributed by atoms with Crippen molar-refractivity contribution in [1.82, 2.24) is 10.9 Å². The van der Waals surface area contributed by atoms with Crippen LogP contribution in [0.2, 0.25) is 0 Å². The van der Waals surface area contributed by atoms with Gasteiger partial charge in [0.2, 0.25) is 11.6 Å². The molecule has 7 heteroatoms. The predicted octanol–water partition coefficient (Wildman–Crippen LogP) is 1.16. The Morgan fingerprint density at radius 1 is 1.12 bits per heavy atom. The fourth-order valence-corrected chi connectivity index (χ4v) is 3.98. The summed E-state index contributed by atoms with van der Waals surface area (Å²) in [6.07, 6.45) is 0.768. The van der Waals surface area contributed by atoms with Crippen molar-refractivity contribution in [2.45, 2.75) is 26.7 Å². The lowest BCUT2D eigenvalue weighted by Crippen LogP contribution is -2.55. The molecule has 0 spiro atoms. The minimum absolute atomic E-state index is 0.159. The Morgan fingerprint density at radius 2 is 1.75 bits per heavy atom. The van der Waals surface area contributed by atoms with Gasteiger partial charge in [0.25, 0.3) is 11.8 Å². The van der Waals surface area contributed by atoms with Crippen LogP contribution in [0.5, 0.6) is 0 Å². The van der Waals surface area contributed by atoms with E-state index in [9.17, 15) is 23.6 Å². The number of carbonyl (C=O) groups excluding carboxylic acids is 4. The van der Waals surface area contributed by atoms with Crippen LogP contribution in [-0.4, -0.2) is 23.4 Å². The zero-order chi connectivity index (χ0) is 17.7. The molecule has 0 heterocycles. The number of halogens is 1. The van der Waals surface area contributed by atoms with Crippen molar-refractivity contribution in [3.8, 4) is 0 Å². The first kappa shape index (κ1) is 16.3. The van der Waals surface area contributed by atoms with Gasteiger partial charge in [-0.05, 0) is 42.5 Å². The molecular weight excluding hydrogens is 315 g/mol. The molecule has 2 amide bonds. The van der Waals surface area contributed by atoms with Crippen LogP contribution in [0.4, 0.5) is 4.39 Å². The van der Waals surface area contributed by atoms with E-state index in [0.717, 1.165) is 12.1 Å². The number of ketones is 2. The molecule has 0 radical (unpaired) electrons. The summed E-state index contributed by atoms with van der Waals surface area (Å²) in [6.45, 7) is 3.46. The quantitative estimate of drug-likeness (QED) is 0.483. The van der Waals surface area contributed by atoms with Crippen molar-refractivity contribution < 1.29 is 23.6 Å². The molecule has 6 nitrogen and oxygen atoms in total. The molecule has 1 aromatic carbocycles. The molecular formula is C17H17FN2O4. The average Bonchev–Trinajstić information content (AvgIpc) is 2.89. The Bertz CT molecular complexity index is 756. The van der Waals surface area contributed by atoms with E-state index in [1.807, 2.05) is 0 Å². The van der Waals surface area contributed by atoms with Crippen molar-refractivity contribution in [3.63, 3.8) is 0 Å². The Kier molecular flexibility index (Phi) is 3.55. The highest BCUT2D eigenvalue weighted by Crippen LogP contribution is 2.62. The maximum atomic E-state index is 12.9. The first-order valence-corrected chi connectivity index (χ1v) is 7.67. The lowest BCUT2D eigenvalue weighted by Gasteiger charge is -2.33.